The van der Waals surface area contributed by atoms with Crippen LogP contribution in [-0.4, -0.2) is 9.97 Å². The summed E-state index contributed by atoms with van der Waals surface area (Å²) in [6, 6.07) is 25.7. The first-order chi connectivity index (χ1) is 13.3. The van der Waals surface area contributed by atoms with Crippen LogP contribution in [0.4, 0.5) is 28.7 Å². The molecule has 0 aliphatic carbocycles. The van der Waals surface area contributed by atoms with E-state index in [1.165, 1.54) is 0 Å². The highest BCUT2D eigenvalue weighted by Gasteiger charge is 2.06. The quantitative estimate of drug-likeness (QED) is 0.435. The van der Waals surface area contributed by atoms with Gasteiger partial charge in [0.05, 0.1) is 11.0 Å². The van der Waals surface area contributed by atoms with Gasteiger partial charge in [-0.2, -0.15) is 0 Å². The third-order valence-electron chi connectivity index (χ3n) is 3.81. The molecule has 5 heteroatoms. The fourth-order valence-corrected chi connectivity index (χ4v) is 2.57. The molecule has 0 saturated carbocycles. The number of aromatic nitrogens is 2. The Morgan fingerprint density at radius 1 is 0.593 bits per heavy atom. The van der Waals surface area contributed by atoms with E-state index >= 15 is 0 Å². The topological polar surface area (TPSA) is 75.9 Å². The Morgan fingerprint density at radius 2 is 1.07 bits per heavy atom. The standard InChI is InChI=1S/C20H17N5.C2H6/c21-19-20(25-18-9-5-4-8-17(18)24-19)23-16-12-10-15(11-13-16)22-14-6-2-1-3-7-14;1-2/h1-13,22H,(H2,21,24)(H,23,25);1-2H3. The molecule has 0 radical (unpaired) electrons. The number of fused-ring (bicyclic) bond motifs is 1. The Morgan fingerprint density at radius 3 is 1.70 bits per heavy atom. The zero-order valence-electron chi connectivity index (χ0n) is 15.5. The van der Waals surface area contributed by atoms with Crippen LogP contribution in [-0.2, 0) is 0 Å². The molecule has 0 amide bonds. The first kappa shape index (κ1) is 18.2. The zero-order chi connectivity index (χ0) is 19.1. The van der Waals surface area contributed by atoms with E-state index in [1.54, 1.807) is 0 Å². The SMILES string of the molecule is CC.Nc1nc2ccccc2nc1Nc1ccc(Nc2ccccc2)cc1. The van der Waals surface area contributed by atoms with Gasteiger partial charge in [-0.25, -0.2) is 9.97 Å². The molecule has 3 aromatic carbocycles. The van der Waals surface area contributed by atoms with Gasteiger partial charge in [-0.3, -0.25) is 0 Å². The predicted molar refractivity (Wildman–Crippen MR) is 115 cm³/mol. The summed E-state index contributed by atoms with van der Waals surface area (Å²) in [5, 5.41) is 6.58. The maximum absolute atomic E-state index is 6.02. The molecule has 5 nitrogen and oxygen atoms in total. The molecule has 0 spiro atoms. The monoisotopic (exact) mass is 357 g/mol. The van der Waals surface area contributed by atoms with E-state index in [0.29, 0.717) is 11.6 Å². The van der Waals surface area contributed by atoms with Crippen molar-refractivity contribution >= 4 is 39.7 Å². The third kappa shape index (κ3) is 4.52. The maximum atomic E-state index is 6.02. The lowest BCUT2D eigenvalue weighted by Gasteiger charge is -2.10. The lowest BCUT2D eigenvalue weighted by molar-refractivity contribution is 1.29. The van der Waals surface area contributed by atoms with Crippen LogP contribution in [0.15, 0.2) is 78.9 Å². The van der Waals surface area contributed by atoms with Crippen molar-refractivity contribution in [2.75, 3.05) is 16.4 Å². The Hall–Kier alpha value is -3.60. The van der Waals surface area contributed by atoms with E-state index in [2.05, 4.69) is 20.6 Å². The molecule has 0 fully saturated rings. The van der Waals surface area contributed by atoms with E-state index in [9.17, 15) is 0 Å². The number of anilines is 5. The Kier molecular flexibility index (Phi) is 5.84. The number of benzene rings is 3. The van der Waals surface area contributed by atoms with Gasteiger partial charge in [0.25, 0.3) is 0 Å². The fourth-order valence-electron chi connectivity index (χ4n) is 2.57. The van der Waals surface area contributed by atoms with Gasteiger partial charge in [-0.1, -0.05) is 44.2 Å². The highest BCUT2D eigenvalue weighted by Crippen LogP contribution is 2.24. The number of rotatable bonds is 4. The summed E-state index contributed by atoms with van der Waals surface area (Å²) >= 11 is 0. The zero-order valence-corrected chi connectivity index (χ0v) is 15.5. The molecule has 1 heterocycles. The van der Waals surface area contributed by atoms with Gasteiger partial charge >= 0.3 is 0 Å². The van der Waals surface area contributed by atoms with Crippen LogP contribution in [0.3, 0.4) is 0 Å². The molecule has 0 aliphatic heterocycles. The Labute approximate surface area is 159 Å². The van der Waals surface area contributed by atoms with Crippen molar-refractivity contribution in [2.24, 2.45) is 0 Å². The summed E-state index contributed by atoms with van der Waals surface area (Å²) in [6.45, 7) is 4.00. The Bertz CT molecular complexity index is 998. The number of para-hydroxylation sites is 3. The number of nitrogens with zero attached hydrogens (tertiary/aromatic N) is 2. The summed E-state index contributed by atoms with van der Waals surface area (Å²) in [4.78, 5) is 8.93. The van der Waals surface area contributed by atoms with Gasteiger partial charge in [0, 0.05) is 17.1 Å². The normalized spacial score (nSPS) is 10.0. The smallest absolute Gasteiger partial charge is 0.174 e. The fraction of sp³-hybridized carbons (Fsp3) is 0.0909. The van der Waals surface area contributed by atoms with Crippen molar-refractivity contribution in [3.63, 3.8) is 0 Å². The van der Waals surface area contributed by atoms with Crippen molar-refractivity contribution in [1.29, 1.82) is 0 Å². The van der Waals surface area contributed by atoms with Crippen LogP contribution in [0, 0.1) is 0 Å². The molecule has 0 aliphatic rings. The van der Waals surface area contributed by atoms with Crippen LogP contribution in [0.2, 0.25) is 0 Å². The van der Waals surface area contributed by atoms with Gasteiger partial charge in [-0.15, -0.1) is 0 Å². The second kappa shape index (κ2) is 8.67. The van der Waals surface area contributed by atoms with Gasteiger partial charge in [-0.05, 0) is 48.5 Å². The molecule has 0 atom stereocenters. The molecule has 0 unspecified atom stereocenters. The van der Waals surface area contributed by atoms with Crippen molar-refractivity contribution in [3.8, 4) is 0 Å². The van der Waals surface area contributed by atoms with E-state index in [4.69, 9.17) is 5.73 Å². The summed E-state index contributed by atoms with van der Waals surface area (Å²) in [5.41, 5.74) is 10.6. The van der Waals surface area contributed by atoms with Crippen molar-refractivity contribution in [2.45, 2.75) is 13.8 Å². The predicted octanol–water partition coefficient (Wildman–Crippen LogP) is 5.73. The number of nitrogens with two attached hydrogens (primary N) is 1. The van der Waals surface area contributed by atoms with E-state index < -0.39 is 0 Å². The number of hydrogen-bond donors (Lipinski definition) is 3. The van der Waals surface area contributed by atoms with Crippen molar-refractivity contribution in [3.05, 3.63) is 78.9 Å². The van der Waals surface area contributed by atoms with Gasteiger partial charge in [0.2, 0.25) is 0 Å². The molecule has 4 N–H and O–H groups in total. The highest BCUT2D eigenvalue weighted by molar-refractivity contribution is 5.81. The Balaban J connectivity index is 0.00000102. The molecule has 4 aromatic rings. The number of hydrogen-bond acceptors (Lipinski definition) is 5. The lowest BCUT2D eigenvalue weighted by atomic mass is 10.2. The molecule has 1 aromatic heterocycles. The second-order valence-electron chi connectivity index (χ2n) is 5.64. The molecule has 0 saturated heterocycles. The van der Waals surface area contributed by atoms with Crippen molar-refractivity contribution < 1.29 is 0 Å². The van der Waals surface area contributed by atoms with E-state index in [1.807, 2.05) is 92.7 Å². The summed E-state index contributed by atoms with van der Waals surface area (Å²) in [7, 11) is 0. The molecule has 136 valence electrons. The first-order valence-electron chi connectivity index (χ1n) is 8.99. The minimum Gasteiger partial charge on any atom is -0.381 e. The summed E-state index contributed by atoms with van der Waals surface area (Å²) < 4.78 is 0. The maximum Gasteiger partial charge on any atom is 0.174 e. The van der Waals surface area contributed by atoms with Gasteiger partial charge < -0.3 is 16.4 Å². The van der Waals surface area contributed by atoms with Crippen LogP contribution in [0.25, 0.3) is 11.0 Å². The van der Waals surface area contributed by atoms with Crippen LogP contribution >= 0.6 is 0 Å². The molecular weight excluding hydrogens is 334 g/mol. The average molecular weight is 357 g/mol. The van der Waals surface area contributed by atoms with E-state index in [-0.39, 0.29) is 0 Å². The number of nitrogen functional groups attached to an aromatic ring is 1. The lowest BCUT2D eigenvalue weighted by Crippen LogP contribution is -2.02. The highest BCUT2D eigenvalue weighted by atomic mass is 15.1. The van der Waals surface area contributed by atoms with E-state index in [0.717, 1.165) is 28.1 Å². The van der Waals surface area contributed by atoms with Crippen LogP contribution in [0.1, 0.15) is 13.8 Å². The minimum absolute atomic E-state index is 0.380. The molecule has 27 heavy (non-hydrogen) atoms. The summed E-state index contributed by atoms with van der Waals surface area (Å²) in [6.07, 6.45) is 0. The van der Waals surface area contributed by atoms with Crippen molar-refractivity contribution in [1.82, 2.24) is 9.97 Å². The number of nitrogens with one attached hydrogen (secondary N) is 2. The van der Waals surface area contributed by atoms with Crippen LogP contribution < -0.4 is 16.4 Å². The average Bonchev–Trinajstić information content (AvgIpc) is 2.72. The minimum atomic E-state index is 0.380. The van der Waals surface area contributed by atoms with Gasteiger partial charge in [0.1, 0.15) is 0 Å². The second-order valence-corrected chi connectivity index (χ2v) is 5.64. The largest absolute Gasteiger partial charge is 0.381 e. The van der Waals surface area contributed by atoms with Crippen LogP contribution in [0.5, 0.6) is 0 Å². The first-order valence-corrected chi connectivity index (χ1v) is 8.99. The molecule has 0 bridgehead atoms. The summed E-state index contributed by atoms with van der Waals surface area (Å²) in [5.74, 6) is 0.938. The van der Waals surface area contributed by atoms with Gasteiger partial charge in [0.15, 0.2) is 11.6 Å². The molecular formula is C22H23N5. The third-order valence-corrected chi connectivity index (χ3v) is 3.81. The molecule has 4 rings (SSSR count).